The van der Waals surface area contributed by atoms with Crippen LogP contribution in [-0.4, -0.2) is 12.2 Å². The van der Waals surface area contributed by atoms with Gasteiger partial charge in [0.15, 0.2) is 0 Å². The van der Waals surface area contributed by atoms with Gasteiger partial charge in [-0.2, -0.15) is 0 Å². The van der Waals surface area contributed by atoms with Crippen molar-refractivity contribution in [2.24, 2.45) is 0 Å². The van der Waals surface area contributed by atoms with Crippen molar-refractivity contribution in [1.82, 2.24) is 5.32 Å². The van der Waals surface area contributed by atoms with Crippen molar-refractivity contribution in [3.8, 4) is 0 Å². The first kappa shape index (κ1) is 9.45. The highest BCUT2D eigenvalue weighted by Crippen LogP contribution is 2.08. The van der Waals surface area contributed by atoms with Crippen LogP contribution in [0.15, 0.2) is 30.3 Å². The predicted molar refractivity (Wildman–Crippen MR) is 49.1 cm³/mol. The lowest BCUT2D eigenvalue weighted by atomic mass is 10.1. The molecule has 0 aromatic heterocycles. The van der Waals surface area contributed by atoms with Crippen LogP contribution >= 0.6 is 0 Å². The fraction of sp³-hybridized carbons (Fsp3) is 0.200. The zero-order chi connectivity index (χ0) is 9.68. The van der Waals surface area contributed by atoms with Crippen LogP contribution in [0.3, 0.4) is 0 Å². The van der Waals surface area contributed by atoms with E-state index in [-0.39, 0.29) is 5.91 Å². The third-order valence-electron chi connectivity index (χ3n) is 1.65. The lowest BCUT2D eigenvalue weighted by molar-refractivity contribution is -0.122. The summed E-state index contributed by atoms with van der Waals surface area (Å²) in [7, 11) is 0. The number of hydrogen-bond donors (Lipinski definition) is 1. The third-order valence-corrected chi connectivity index (χ3v) is 1.65. The van der Waals surface area contributed by atoms with E-state index in [1.54, 1.807) is 12.1 Å². The Morgan fingerprint density at radius 3 is 2.46 bits per heavy atom. The molecule has 0 unspecified atom stereocenters. The summed E-state index contributed by atoms with van der Waals surface area (Å²) < 4.78 is 0. The number of carbonyl (C=O) groups excluding carboxylic acids is 2. The molecule has 1 atom stereocenters. The summed E-state index contributed by atoms with van der Waals surface area (Å²) in [5.74, 6) is -0.207. The lowest BCUT2D eigenvalue weighted by Crippen LogP contribution is -2.26. The van der Waals surface area contributed by atoms with E-state index in [1.807, 2.05) is 18.2 Å². The maximum absolute atomic E-state index is 10.7. The fourth-order valence-electron chi connectivity index (χ4n) is 1.08. The van der Waals surface area contributed by atoms with Crippen molar-refractivity contribution in [2.45, 2.75) is 13.0 Å². The van der Waals surface area contributed by atoms with Gasteiger partial charge in [0.05, 0.1) is 0 Å². The van der Waals surface area contributed by atoms with Gasteiger partial charge in [0.2, 0.25) is 5.91 Å². The monoisotopic (exact) mass is 177 g/mol. The Balaban J connectivity index is 2.78. The van der Waals surface area contributed by atoms with Gasteiger partial charge < -0.3 is 10.1 Å². The van der Waals surface area contributed by atoms with Gasteiger partial charge in [0.25, 0.3) is 0 Å². The Bertz CT molecular complexity index is 295. The second-order valence-corrected chi connectivity index (χ2v) is 2.72. The molecule has 0 heterocycles. The first-order valence-corrected chi connectivity index (χ1v) is 4.01. The number of aldehydes is 1. The molecule has 68 valence electrons. The quantitative estimate of drug-likeness (QED) is 0.702. The largest absolute Gasteiger partial charge is 0.343 e. The molecule has 1 aromatic rings. The van der Waals surface area contributed by atoms with Crippen LogP contribution in [0.25, 0.3) is 0 Å². The van der Waals surface area contributed by atoms with E-state index in [9.17, 15) is 9.59 Å². The second-order valence-electron chi connectivity index (χ2n) is 2.72. The molecule has 1 N–H and O–H groups in total. The van der Waals surface area contributed by atoms with Gasteiger partial charge in [-0.15, -0.1) is 0 Å². The molecule has 13 heavy (non-hydrogen) atoms. The van der Waals surface area contributed by atoms with E-state index in [1.165, 1.54) is 6.92 Å². The molecule has 1 rings (SSSR count). The zero-order valence-corrected chi connectivity index (χ0v) is 7.36. The minimum atomic E-state index is -0.529. The number of carbonyl (C=O) groups is 2. The molecule has 3 nitrogen and oxygen atoms in total. The lowest BCUT2D eigenvalue weighted by Gasteiger charge is -2.10. The van der Waals surface area contributed by atoms with Gasteiger partial charge in [-0.25, -0.2) is 0 Å². The van der Waals surface area contributed by atoms with E-state index < -0.39 is 6.04 Å². The normalized spacial score (nSPS) is 11.8. The summed E-state index contributed by atoms with van der Waals surface area (Å²) in [5, 5.41) is 2.54. The molecule has 0 spiro atoms. The molecule has 0 aliphatic carbocycles. The Kier molecular flexibility index (Phi) is 3.20. The number of hydrogen-bond acceptors (Lipinski definition) is 2. The summed E-state index contributed by atoms with van der Waals surface area (Å²) in [4.78, 5) is 21.3. The smallest absolute Gasteiger partial charge is 0.217 e. The van der Waals surface area contributed by atoms with Crippen molar-refractivity contribution < 1.29 is 9.59 Å². The second kappa shape index (κ2) is 4.40. The molecule has 1 amide bonds. The maximum atomic E-state index is 10.7. The summed E-state index contributed by atoms with van der Waals surface area (Å²) in [6, 6.07) is 8.59. The van der Waals surface area contributed by atoms with Crippen molar-refractivity contribution in [3.05, 3.63) is 35.9 Å². The number of rotatable bonds is 3. The maximum Gasteiger partial charge on any atom is 0.217 e. The van der Waals surface area contributed by atoms with E-state index >= 15 is 0 Å². The van der Waals surface area contributed by atoms with Gasteiger partial charge in [0, 0.05) is 6.92 Å². The highest BCUT2D eigenvalue weighted by Gasteiger charge is 2.09. The Morgan fingerprint density at radius 1 is 1.38 bits per heavy atom. The van der Waals surface area contributed by atoms with Crippen molar-refractivity contribution in [3.63, 3.8) is 0 Å². The van der Waals surface area contributed by atoms with Crippen LogP contribution in [0.5, 0.6) is 0 Å². The Morgan fingerprint density at radius 2 is 2.00 bits per heavy atom. The SMILES string of the molecule is CC(=O)N[C@H](C=O)c1ccccc1. The van der Waals surface area contributed by atoms with E-state index in [0.717, 1.165) is 11.8 Å². The van der Waals surface area contributed by atoms with E-state index in [4.69, 9.17) is 0 Å². The molecule has 0 bridgehead atoms. The fourth-order valence-corrected chi connectivity index (χ4v) is 1.08. The summed E-state index contributed by atoms with van der Waals surface area (Å²) in [5.41, 5.74) is 0.799. The molecule has 0 aliphatic rings. The number of nitrogens with one attached hydrogen (secondary N) is 1. The molecule has 0 aliphatic heterocycles. The van der Waals surface area contributed by atoms with Gasteiger partial charge in [0.1, 0.15) is 12.3 Å². The Hall–Kier alpha value is -1.64. The molecule has 0 fully saturated rings. The van der Waals surface area contributed by atoms with E-state index in [2.05, 4.69) is 5.32 Å². The van der Waals surface area contributed by atoms with E-state index in [0.29, 0.717) is 0 Å². The first-order valence-electron chi connectivity index (χ1n) is 4.01. The first-order chi connectivity index (χ1) is 6.24. The average molecular weight is 177 g/mol. The van der Waals surface area contributed by atoms with Gasteiger partial charge in [-0.1, -0.05) is 30.3 Å². The molecule has 1 aromatic carbocycles. The van der Waals surface area contributed by atoms with Gasteiger partial charge in [-0.3, -0.25) is 4.79 Å². The topological polar surface area (TPSA) is 46.2 Å². The van der Waals surface area contributed by atoms with Crippen molar-refractivity contribution in [2.75, 3.05) is 0 Å². The standard InChI is InChI=1S/C10H11NO2/c1-8(13)11-10(7-12)9-5-3-2-4-6-9/h2-7,10H,1H3,(H,11,13)/t10-/m1/s1. The average Bonchev–Trinajstić information content (AvgIpc) is 2.15. The predicted octanol–water partition coefficient (Wildman–Crippen LogP) is 1.06. The summed E-state index contributed by atoms with van der Waals surface area (Å²) >= 11 is 0. The van der Waals surface area contributed by atoms with Crippen LogP contribution in [0, 0.1) is 0 Å². The minimum Gasteiger partial charge on any atom is -0.343 e. The number of benzene rings is 1. The van der Waals surface area contributed by atoms with Crippen molar-refractivity contribution >= 4 is 12.2 Å². The molecule has 3 heteroatoms. The highest BCUT2D eigenvalue weighted by atomic mass is 16.2. The molecule has 0 saturated heterocycles. The molecular formula is C10H11NO2. The van der Waals surface area contributed by atoms with Gasteiger partial charge in [-0.05, 0) is 5.56 Å². The molecule has 0 saturated carbocycles. The van der Waals surface area contributed by atoms with Crippen LogP contribution in [-0.2, 0) is 9.59 Å². The minimum absolute atomic E-state index is 0.207. The Labute approximate surface area is 76.8 Å². The summed E-state index contributed by atoms with van der Waals surface area (Å²) in [6.07, 6.45) is 0.719. The summed E-state index contributed by atoms with van der Waals surface area (Å²) in [6.45, 7) is 1.39. The van der Waals surface area contributed by atoms with Crippen LogP contribution in [0.2, 0.25) is 0 Å². The molecule has 0 radical (unpaired) electrons. The van der Waals surface area contributed by atoms with Crippen LogP contribution in [0.4, 0.5) is 0 Å². The zero-order valence-electron chi connectivity index (χ0n) is 7.36. The highest BCUT2D eigenvalue weighted by molar-refractivity contribution is 5.78. The third kappa shape index (κ3) is 2.71. The van der Waals surface area contributed by atoms with Crippen molar-refractivity contribution in [1.29, 1.82) is 0 Å². The molecular weight excluding hydrogens is 166 g/mol. The number of amides is 1. The van der Waals surface area contributed by atoms with Crippen LogP contribution < -0.4 is 5.32 Å². The van der Waals surface area contributed by atoms with Gasteiger partial charge >= 0.3 is 0 Å². The van der Waals surface area contributed by atoms with Crippen LogP contribution in [0.1, 0.15) is 18.5 Å².